The van der Waals surface area contributed by atoms with Gasteiger partial charge in [0.15, 0.2) is 11.6 Å². The van der Waals surface area contributed by atoms with Gasteiger partial charge in [0.25, 0.3) is 0 Å². The first-order valence-corrected chi connectivity index (χ1v) is 8.42. The highest BCUT2D eigenvalue weighted by molar-refractivity contribution is 6.11. The zero-order chi connectivity index (χ0) is 18.6. The summed E-state index contributed by atoms with van der Waals surface area (Å²) in [5.41, 5.74) is -1.13. The van der Waals surface area contributed by atoms with E-state index in [4.69, 9.17) is 4.74 Å². The van der Waals surface area contributed by atoms with Crippen LogP contribution in [0.25, 0.3) is 0 Å². The predicted molar refractivity (Wildman–Crippen MR) is 95.1 cm³/mol. The van der Waals surface area contributed by atoms with Crippen LogP contribution in [-0.2, 0) is 9.59 Å². The van der Waals surface area contributed by atoms with Crippen LogP contribution in [0.1, 0.15) is 19.8 Å². The summed E-state index contributed by atoms with van der Waals surface area (Å²) in [7, 11) is 0. The van der Waals surface area contributed by atoms with Crippen molar-refractivity contribution in [3.63, 3.8) is 0 Å². The molecule has 7 heteroatoms. The average molecular weight is 357 g/mol. The average Bonchev–Trinajstić information content (AvgIpc) is 2.62. The van der Waals surface area contributed by atoms with Crippen LogP contribution in [0, 0.1) is 5.82 Å². The lowest BCUT2D eigenvalue weighted by Gasteiger charge is -2.34. The summed E-state index contributed by atoms with van der Waals surface area (Å²) in [5.74, 6) is -0.251. The zero-order valence-corrected chi connectivity index (χ0v) is 14.4. The van der Waals surface area contributed by atoms with Crippen molar-refractivity contribution >= 4 is 17.6 Å². The molecule has 3 rings (SSSR count). The number of amides is 2. The minimum atomic E-state index is -1.13. The largest absolute Gasteiger partial charge is 0.490 e. The van der Waals surface area contributed by atoms with Crippen molar-refractivity contribution < 1.29 is 18.7 Å². The van der Waals surface area contributed by atoms with Gasteiger partial charge < -0.3 is 10.1 Å². The molecule has 0 spiro atoms. The van der Waals surface area contributed by atoms with Crippen LogP contribution in [0.5, 0.6) is 5.75 Å². The minimum absolute atomic E-state index is 0.00619. The van der Waals surface area contributed by atoms with E-state index in [1.165, 1.54) is 11.0 Å². The van der Waals surface area contributed by atoms with E-state index >= 15 is 0 Å². The van der Waals surface area contributed by atoms with E-state index in [-0.39, 0.29) is 30.6 Å². The molecule has 1 N–H and O–H groups in total. The molecule has 0 bridgehead atoms. The van der Waals surface area contributed by atoms with E-state index in [1.807, 2.05) is 0 Å². The first kappa shape index (κ1) is 17.8. The zero-order valence-electron chi connectivity index (χ0n) is 14.4. The highest BCUT2D eigenvalue weighted by Gasteiger charge is 2.41. The highest BCUT2D eigenvalue weighted by atomic mass is 19.1. The van der Waals surface area contributed by atoms with E-state index in [2.05, 4.69) is 10.3 Å². The standard InChI is InChI=1S/C19H20FN3O3/c1-19(13-17(24)23-11-5-4-9-16(23)22-19)18(25)21-10-6-12-26-15-8-3-2-7-14(15)20/h2-5,7-9,11H,6,10,12-13H2,1H3,(H,21,25). The van der Waals surface area contributed by atoms with Crippen molar-refractivity contribution in [3.05, 3.63) is 54.5 Å². The van der Waals surface area contributed by atoms with Crippen molar-refractivity contribution in [1.29, 1.82) is 0 Å². The van der Waals surface area contributed by atoms with Gasteiger partial charge >= 0.3 is 0 Å². The van der Waals surface area contributed by atoms with Crippen LogP contribution < -0.4 is 10.1 Å². The van der Waals surface area contributed by atoms with E-state index in [9.17, 15) is 14.0 Å². The first-order chi connectivity index (χ1) is 12.5. The molecule has 2 aliphatic rings. The first-order valence-electron chi connectivity index (χ1n) is 8.42. The molecule has 0 fully saturated rings. The monoisotopic (exact) mass is 357 g/mol. The molecule has 1 aromatic rings. The molecule has 2 heterocycles. The van der Waals surface area contributed by atoms with Crippen LogP contribution >= 0.6 is 0 Å². The maximum Gasteiger partial charge on any atom is 0.248 e. The smallest absolute Gasteiger partial charge is 0.248 e. The number of allylic oxidation sites excluding steroid dienone is 2. The lowest BCUT2D eigenvalue weighted by Crippen LogP contribution is -2.52. The van der Waals surface area contributed by atoms with Crippen LogP contribution in [-0.4, -0.2) is 41.2 Å². The lowest BCUT2D eigenvalue weighted by atomic mass is 9.94. The molecular formula is C19H20FN3O3. The molecule has 1 unspecified atom stereocenters. The van der Waals surface area contributed by atoms with Gasteiger partial charge in [-0.3, -0.25) is 19.5 Å². The van der Waals surface area contributed by atoms with Crippen molar-refractivity contribution in [3.8, 4) is 5.75 Å². The van der Waals surface area contributed by atoms with Gasteiger partial charge in [0.1, 0.15) is 11.4 Å². The van der Waals surface area contributed by atoms with Gasteiger partial charge in [-0.2, -0.15) is 0 Å². The third kappa shape index (κ3) is 3.82. The molecule has 136 valence electrons. The predicted octanol–water partition coefficient (Wildman–Crippen LogP) is 2.18. The van der Waals surface area contributed by atoms with Crippen molar-refractivity contribution in [2.24, 2.45) is 4.99 Å². The second-order valence-corrected chi connectivity index (χ2v) is 6.27. The van der Waals surface area contributed by atoms with Crippen LogP contribution in [0.2, 0.25) is 0 Å². The Kier molecular flexibility index (Phi) is 5.16. The van der Waals surface area contributed by atoms with Crippen LogP contribution in [0.3, 0.4) is 0 Å². The maximum atomic E-state index is 13.4. The molecule has 6 nitrogen and oxygen atoms in total. The van der Waals surface area contributed by atoms with Crippen LogP contribution in [0.15, 0.2) is 53.7 Å². The molecule has 0 radical (unpaired) electrons. The van der Waals surface area contributed by atoms with E-state index < -0.39 is 11.4 Å². The maximum absolute atomic E-state index is 13.4. The van der Waals surface area contributed by atoms with Gasteiger partial charge in [-0.1, -0.05) is 18.2 Å². The number of benzene rings is 1. The number of ether oxygens (including phenoxy) is 1. The third-order valence-corrected chi connectivity index (χ3v) is 4.15. The number of carbonyl (C=O) groups excluding carboxylic acids is 2. The summed E-state index contributed by atoms with van der Waals surface area (Å²) in [6, 6.07) is 6.17. The number of amidine groups is 1. The van der Waals surface area contributed by atoms with Crippen molar-refractivity contribution in [2.45, 2.75) is 25.3 Å². The summed E-state index contributed by atoms with van der Waals surface area (Å²) < 4.78 is 18.8. The Balaban J connectivity index is 1.50. The number of hydrogen-bond acceptors (Lipinski definition) is 4. The Hall–Kier alpha value is -2.96. The fraction of sp³-hybridized carbons (Fsp3) is 0.316. The van der Waals surface area contributed by atoms with Crippen molar-refractivity contribution in [1.82, 2.24) is 10.2 Å². The minimum Gasteiger partial charge on any atom is -0.490 e. The molecule has 0 aromatic heterocycles. The number of para-hydroxylation sites is 1. The quantitative estimate of drug-likeness (QED) is 0.794. The summed E-state index contributed by atoms with van der Waals surface area (Å²) in [4.78, 5) is 30.6. The van der Waals surface area contributed by atoms with Gasteiger partial charge in [-0.05, 0) is 37.6 Å². The lowest BCUT2D eigenvalue weighted by molar-refractivity contribution is -0.134. The van der Waals surface area contributed by atoms with Gasteiger partial charge in [-0.25, -0.2) is 4.39 Å². The second kappa shape index (κ2) is 7.51. The topological polar surface area (TPSA) is 71.0 Å². The number of rotatable bonds is 6. The van der Waals surface area contributed by atoms with E-state index in [0.29, 0.717) is 18.8 Å². The number of hydrogen-bond donors (Lipinski definition) is 1. The van der Waals surface area contributed by atoms with E-state index in [1.54, 1.807) is 49.6 Å². The Morgan fingerprint density at radius 3 is 3.00 bits per heavy atom. The number of nitrogens with one attached hydrogen (secondary N) is 1. The summed E-state index contributed by atoms with van der Waals surface area (Å²) in [6.07, 6.45) is 7.37. The Morgan fingerprint density at radius 2 is 2.19 bits per heavy atom. The Morgan fingerprint density at radius 1 is 1.38 bits per heavy atom. The normalized spacial score (nSPS) is 21.2. The molecule has 2 amide bonds. The fourth-order valence-corrected chi connectivity index (χ4v) is 2.75. The third-order valence-electron chi connectivity index (χ3n) is 4.15. The molecule has 26 heavy (non-hydrogen) atoms. The van der Waals surface area contributed by atoms with Gasteiger partial charge in [0.2, 0.25) is 11.8 Å². The SMILES string of the molecule is CC1(C(=O)NCCCOc2ccccc2F)CC(=O)N2C=CC=CC2=N1. The number of carbonyl (C=O) groups is 2. The highest BCUT2D eigenvalue weighted by Crippen LogP contribution is 2.25. The summed E-state index contributed by atoms with van der Waals surface area (Å²) in [5, 5.41) is 2.78. The van der Waals surface area contributed by atoms with Crippen molar-refractivity contribution in [2.75, 3.05) is 13.2 Å². The summed E-state index contributed by atoms with van der Waals surface area (Å²) in [6.45, 7) is 2.26. The number of aliphatic imine (C=N–C) groups is 1. The molecular weight excluding hydrogens is 337 g/mol. The van der Waals surface area contributed by atoms with Crippen LogP contribution in [0.4, 0.5) is 4.39 Å². The number of fused-ring (bicyclic) bond motifs is 1. The second-order valence-electron chi connectivity index (χ2n) is 6.27. The Bertz CT molecular complexity index is 803. The van der Waals surface area contributed by atoms with E-state index in [0.717, 1.165) is 0 Å². The summed E-state index contributed by atoms with van der Waals surface area (Å²) >= 11 is 0. The molecule has 1 aromatic carbocycles. The number of nitrogens with zero attached hydrogens (tertiary/aromatic N) is 2. The van der Waals surface area contributed by atoms with Gasteiger partial charge in [0, 0.05) is 12.7 Å². The van der Waals surface area contributed by atoms with Gasteiger partial charge in [-0.15, -0.1) is 0 Å². The fourth-order valence-electron chi connectivity index (χ4n) is 2.75. The van der Waals surface area contributed by atoms with Gasteiger partial charge in [0.05, 0.1) is 13.0 Å². The molecule has 2 aliphatic heterocycles. The number of halogens is 1. The molecule has 1 atom stereocenters. The molecule has 0 saturated heterocycles. The molecule has 0 saturated carbocycles. The Labute approximate surface area is 151 Å². The molecule has 0 aliphatic carbocycles.